The summed E-state index contributed by atoms with van der Waals surface area (Å²) in [5, 5.41) is 0. The molecule has 0 bridgehead atoms. The molecule has 0 amide bonds. The van der Waals surface area contributed by atoms with E-state index in [1.54, 1.807) is 0 Å². The molecule has 2 unspecified atom stereocenters. The molecule has 13 heavy (non-hydrogen) atoms. The van der Waals surface area contributed by atoms with Gasteiger partial charge < -0.3 is 9.47 Å². The normalized spacial score (nSPS) is 25.7. The van der Waals surface area contributed by atoms with Crippen LogP contribution < -0.4 is 0 Å². The fourth-order valence-corrected chi connectivity index (χ4v) is 1.23. The minimum absolute atomic E-state index is 0.0248. The molecule has 1 aliphatic carbocycles. The van der Waals surface area contributed by atoms with Crippen molar-refractivity contribution in [3.8, 4) is 0 Å². The Hall–Kier alpha value is -0.570. The molecule has 0 spiro atoms. The Morgan fingerprint density at radius 1 is 1.46 bits per heavy atom. The van der Waals surface area contributed by atoms with Crippen molar-refractivity contribution in [1.29, 1.82) is 0 Å². The average molecular weight is 186 g/mol. The number of esters is 1. The van der Waals surface area contributed by atoms with E-state index in [1.807, 2.05) is 6.92 Å². The minimum Gasteiger partial charge on any atom is -0.466 e. The molecule has 2 atom stereocenters. The van der Waals surface area contributed by atoms with Crippen molar-refractivity contribution in [3.63, 3.8) is 0 Å². The molecule has 0 saturated heterocycles. The third-order valence-electron chi connectivity index (χ3n) is 2.15. The third kappa shape index (κ3) is 3.35. The van der Waals surface area contributed by atoms with E-state index in [2.05, 4.69) is 6.92 Å². The van der Waals surface area contributed by atoms with Gasteiger partial charge in [0.1, 0.15) is 0 Å². The first-order valence-electron chi connectivity index (χ1n) is 5.07. The molecule has 0 N–H and O–H groups in total. The van der Waals surface area contributed by atoms with Crippen LogP contribution in [-0.2, 0) is 14.3 Å². The number of ether oxygens (including phenoxy) is 2. The van der Waals surface area contributed by atoms with E-state index in [1.165, 1.54) is 0 Å². The first-order valence-corrected chi connectivity index (χ1v) is 5.07. The zero-order chi connectivity index (χ0) is 9.68. The maximum absolute atomic E-state index is 11.1. The molecule has 3 heteroatoms. The van der Waals surface area contributed by atoms with Gasteiger partial charge in [0.25, 0.3) is 0 Å². The average Bonchev–Trinajstić information content (AvgIpc) is 2.85. The van der Waals surface area contributed by atoms with Crippen LogP contribution in [0.3, 0.4) is 0 Å². The molecule has 0 aliphatic heterocycles. The fraction of sp³-hybridized carbons (Fsp3) is 0.900. The van der Waals surface area contributed by atoms with Gasteiger partial charge in [-0.05, 0) is 19.8 Å². The van der Waals surface area contributed by atoms with Gasteiger partial charge in [-0.3, -0.25) is 4.79 Å². The number of carbonyl (C=O) groups is 1. The first-order chi connectivity index (χ1) is 6.29. The number of rotatable bonds is 6. The monoisotopic (exact) mass is 186 g/mol. The van der Waals surface area contributed by atoms with Crippen LogP contribution in [0.4, 0.5) is 0 Å². The van der Waals surface area contributed by atoms with Gasteiger partial charge in [0.15, 0.2) is 0 Å². The molecule has 3 nitrogen and oxygen atoms in total. The number of unbranched alkanes of at least 4 members (excludes halogenated alkanes) is 1. The fourth-order valence-electron chi connectivity index (χ4n) is 1.23. The minimum atomic E-state index is -0.0935. The Morgan fingerprint density at radius 2 is 2.23 bits per heavy atom. The second-order valence-electron chi connectivity index (χ2n) is 3.36. The van der Waals surface area contributed by atoms with E-state index in [4.69, 9.17) is 9.47 Å². The van der Waals surface area contributed by atoms with Crippen molar-refractivity contribution in [1.82, 2.24) is 0 Å². The highest BCUT2D eigenvalue weighted by molar-refractivity contribution is 5.76. The van der Waals surface area contributed by atoms with Crippen molar-refractivity contribution in [3.05, 3.63) is 0 Å². The summed E-state index contributed by atoms with van der Waals surface area (Å²) in [6.45, 7) is 5.19. The summed E-state index contributed by atoms with van der Waals surface area (Å²) in [5.41, 5.74) is 0. The SMILES string of the molecule is CCCCOC1CC1C(=O)OCC. The summed E-state index contributed by atoms with van der Waals surface area (Å²) >= 11 is 0. The van der Waals surface area contributed by atoms with Crippen LogP contribution in [0.1, 0.15) is 33.1 Å². The van der Waals surface area contributed by atoms with Gasteiger partial charge >= 0.3 is 5.97 Å². The van der Waals surface area contributed by atoms with Gasteiger partial charge in [-0.2, -0.15) is 0 Å². The molecule has 0 radical (unpaired) electrons. The van der Waals surface area contributed by atoms with Gasteiger partial charge in [0.05, 0.1) is 18.6 Å². The lowest BCUT2D eigenvalue weighted by atomic mass is 10.4. The van der Waals surface area contributed by atoms with Crippen LogP contribution >= 0.6 is 0 Å². The smallest absolute Gasteiger partial charge is 0.311 e. The lowest BCUT2D eigenvalue weighted by molar-refractivity contribution is -0.145. The van der Waals surface area contributed by atoms with Crippen molar-refractivity contribution in [2.75, 3.05) is 13.2 Å². The zero-order valence-corrected chi connectivity index (χ0v) is 8.41. The Kier molecular flexibility index (Phi) is 4.22. The van der Waals surface area contributed by atoms with Crippen molar-refractivity contribution >= 4 is 5.97 Å². The lowest BCUT2D eigenvalue weighted by Gasteiger charge is -2.02. The molecule has 1 saturated carbocycles. The van der Waals surface area contributed by atoms with E-state index in [-0.39, 0.29) is 18.0 Å². The Morgan fingerprint density at radius 3 is 2.85 bits per heavy atom. The largest absolute Gasteiger partial charge is 0.466 e. The van der Waals surface area contributed by atoms with E-state index in [0.29, 0.717) is 6.61 Å². The second-order valence-corrected chi connectivity index (χ2v) is 3.36. The van der Waals surface area contributed by atoms with Crippen LogP contribution in [0, 0.1) is 5.92 Å². The lowest BCUT2D eigenvalue weighted by Crippen LogP contribution is -2.10. The van der Waals surface area contributed by atoms with Crippen molar-refractivity contribution in [2.45, 2.75) is 39.2 Å². The summed E-state index contributed by atoms with van der Waals surface area (Å²) in [4.78, 5) is 11.1. The van der Waals surface area contributed by atoms with Gasteiger partial charge in [-0.1, -0.05) is 13.3 Å². The topological polar surface area (TPSA) is 35.5 Å². The predicted molar refractivity (Wildman–Crippen MR) is 49.4 cm³/mol. The molecule has 0 heterocycles. The summed E-state index contributed by atoms with van der Waals surface area (Å²) in [6.07, 6.45) is 3.20. The summed E-state index contributed by atoms with van der Waals surface area (Å²) in [5.74, 6) is -0.0687. The molecule has 0 aromatic heterocycles. The molecule has 0 aromatic carbocycles. The standard InChI is InChI=1S/C10H18O3/c1-3-5-6-13-9-7-8(9)10(11)12-4-2/h8-9H,3-7H2,1-2H3. The zero-order valence-electron chi connectivity index (χ0n) is 8.41. The summed E-state index contributed by atoms with van der Waals surface area (Å²) < 4.78 is 10.4. The van der Waals surface area contributed by atoms with Gasteiger partial charge in [-0.15, -0.1) is 0 Å². The van der Waals surface area contributed by atoms with Gasteiger partial charge in [0.2, 0.25) is 0 Å². The van der Waals surface area contributed by atoms with Gasteiger partial charge in [0, 0.05) is 6.61 Å². The van der Waals surface area contributed by atoms with E-state index in [0.717, 1.165) is 25.9 Å². The van der Waals surface area contributed by atoms with Crippen molar-refractivity contribution < 1.29 is 14.3 Å². The van der Waals surface area contributed by atoms with E-state index >= 15 is 0 Å². The highest BCUT2D eigenvalue weighted by atomic mass is 16.5. The van der Waals surface area contributed by atoms with Crippen LogP contribution in [0.2, 0.25) is 0 Å². The number of carbonyl (C=O) groups excluding carboxylic acids is 1. The highest BCUT2D eigenvalue weighted by Gasteiger charge is 2.45. The predicted octanol–water partition coefficient (Wildman–Crippen LogP) is 1.75. The van der Waals surface area contributed by atoms with Crippen molar-refractivity contribution in [2.24, 2.45) is 5.92 Å². The molecule has 76 valence electrons. The van der Waals surface area contributed by atoms with Gasteiger partial charge in [-0.25, -0.2) is 0 Å². The van der Waals surface area contributed by atoms with Crippen LogP contribution in [-0.4, -0.2) is 25.3 Å². The number of hydrogen-bond donors (Lipinski definition) is 0. The van der Waals surface area contributed by atoms with E-state index in [9.17, 15) is 4.79 Å². The molecule has 1 fully saturated rings. The third-order valence-corrected chi connectivity index (χ3v) is 2.15. The Balaban J connectivity index is 2.04. The molecular weight excluding hydrogens is 168 g/mol. The van der Waals surface area contributed by atoms with E-state index < -0.39 is 0 Å². The summed E-state index contributed by atoms with van der Waals surface area (Å²) in [7, 11) is 0. The molecular formula is C10H18O3. The number of hydrogen-bond acceptors (Lipinski definition) is 3. The maximum Gasteiger partial charge on any atom is 0.311 e. The Labute approximate surface area is 79.4 Å². The quantitative estimate of drug-likeness (QED) is 0.468. The highest BCUT2D eigenvalue weighted by Crippen LogP contribution is 2.34. The first kappa shape index (κ1) is 10.5. The molecule has 1 rings (SSSR count). The second kappa shape index (κ2) is 5.22. The maximum atomic E-state index is 11.1. The molecule has 0 aromatic rings. The molecule has 1 aliphatic rings. The van der Waals surface area contributed by atoms with Crippen LogP contribution in [0.25, 0.3) is 0 Å². The van der Waals surface area contributed by atoms with Crippen LogP contribution in [0.15, 0.2) is 0 Å². The summed E-state index contributed by atoms with van der Waals surface area (Å²) in [6, 6.07) is 0. The Bertz CT molecular complexity index is 168. The van der Waals surface area contributed by atoms with Crippen LogP contribution in [0.5, 0.6) is 0 Å².